The van der Waals surface area contributed by atoms with Crippen LogP contribution in [0.4, 0.5) is 13.2 Å². The second kappa shape index (κ2) is 7.01. The molecule has 0 atom stereocenters. The molecule has 27 heavy (non-hydrogen) atoms. The fourth-order valence-corrected chi connectivity index (χ4v) is 3.92. The summed E-state index contributed by atoms with van der Waals surface area (Å²) in [6.07, 6.45) is -3.04. The Hall–Kier alpha value is -2.33. The lowest BCUT2D eigenvalue weighted by Gasteiger charge is -2.26. The van der Waals surface area contributed by atoms with E-state index in [4.69, 9.17) is 0 Å². The lowest BCUT2D eigenvalue weighted by atomic mass is 10.1. The smallest absolute Gasteiger partial charge is 0.340 e. The molecule has 0 bridgehead atoms. The van der Waals surface area contributed by atoms with Crippen LogP contribution in [0.2, 0.25) is 0 Å². The van der Waals surface area contributed by atoms with Crippen molar-refractivity contribution in [1.29, 1.82) is 0 Å². The topological polar surface area (TPSA) is 71.4 Å². The molecule has 3 rings (SSSR count). The van der Waals surface area contributed by atoms with Crippen LogP contribution in [0.1, 0.15) is 28.5 Å². The minimum Gasteiger partial charge on any atom is -0.340 e. The Bertz CT molecular complexity index is 950. The van der Waals surface area contributed by atoms with E-state index in [1.165, 1.54) is 24.4 Å². The van der Waals surface area contributed by atoms with Gasteiger partial charge in [-0.2, -0.15) is 13.2 Å². The van der Waals surface area contributed by atoms with Gasteiger partial charge in [0, 0.05) is 32.4 Å². The number of sulfonamides is 1. The van der Waals surface area contributed by atoms with Crippen molar-refractivity contribution < 1.29 is 26.4 Å². The molecule has 1 aliphatic rings. The number of amides is 1. The first-order valence-corrected chi connectivity index (χ1v) is 9.75. The Balaban J connectivity index is 1.74. The average molecular weight is 401 g/mol. The number of nitrogens with one attached hydrogen (secondary N) is 1. The average Bonchev–Trinajstić information content (AvgIpc) is 3.06. The maximum atomic E-state index is 12.6. The summed E-state index contributed by atoms with van der Waals surface area (Å²) in [6.45, 7) is 3.24. The second-order valence-corrected chi connectivity index (χ2v) is 7.93. The largest absolute Gasteiger partial charge is 0.416 e. The minimum atomic E-state index is -4.44. The van der Waals surface area contributed by atoms with Gasteiger partial charge in [-0.3, -0.25) is 4.79 Å². The summed E-state index contributed by atoms with van der Waals surface area (Å²) in [7, 11) is -3.90. The molecule has 0 aliphatic carbocycles. The fraction of sp³-hybridized carbons (Fsp3) is 0.353. The van der Waals surface area contributed by atoms with Crippen molar-refractivity contribution in [1.82, 2.24) is 14.2 Å². The highest BCUT2D eigenvalue weighted by Crippen LogP contribution is 2.29. The second-order valence-electron chi connectivity index (χ2n) is 6.16. The number of alkyl halides is 3. The number of likely N-dealkylation sites (N-methyl/N-ethyl adjacent to an activating group) is 1. The number of hydrogen-bond acceptors (Lipinski definition) is 3. The first kappa shape index (κ1) is 19.4. The van der Waals surface area contributed by atoms with Crippen molar-refractivity contribution in [2.45, 2.75) is 31.1 Å². The molecule has 1 amide bonds. The maximum Gasteiger partial charge on any atom is 0.416 e. The van der Waals surface area contributed by atoms with Gasteiger partial charge in [-0.05, 0) is 30.7 Å². The minimum absolute atomic E-state index is 0.0456. The number of benzene rings is 1. The highest BCUT2D eigenvalue weighted by molar-refractivity contribution is 7.89. The van der Waals surface area contributed by atoms with E-state index in [-0.39, 0.29) is 17.3 Å². The van der Waals surface area contributed by atoms with E-state index >= 15 is 0 Å². The molecule has 10 heteroatoms. The zero-order valence-electron chi connectivity index (χ0n) is 14.5. The number of nitrogens with zero attached hydrogens (tertiary/aromatic N) is 2. The third-order valence-electron chi connectivity index (χ3n) is 4.43. The van der Waals surface area contributed by atoms with Gasteiger partial charge >= 0.3 is 6.18 Å². The Labute approximate surface area is 154 Å². The molecule has 0 radical (unpaired) electrons. The Morgan fingerprint density at radius 1 is 1.15 bits per heavy atom. The van der Waals surface area contributed by atoms with Crippen molar-refractivity contribution >= 4 is 15.9 Å². The molecule has 1 N–H and O–H groups in total. The molecule has 2 heterocycles. The standard InChI is InChI=1S/C17H18F3N3O3S/c1-2-22-7-8-23-11-14(9-15(23)16(22)24)27(25,26)21-10-12-3-5-13(6-4-12)17(18,19)20/h3-6,9,11,21H,2,7-8,10H2,1H3. The zero-order valence-corrected chi connectivity index (χ0v) is 15.3. The molecule has 0 unspecified atom stereocenters. The molecule has 0 spiro atoms. The van der Waals surface area contributed by atoms with Gasteiger partial charge in [-0.25, -0.2) is 13.1 Å². The first-order valence-electron chi connectivity index (χ1n) is 8.27. The molecule has 0 saturated carbocycles. The lowest BCUT2D eigenvalue weighted by Crippen LogP contribution is -2.39. The summed E-state index contributed by atoms with van der Waals surface area (Å²) in [6, 6.07) is 5.56. The monoisotopic (exact) mass is 401 g/mol. The van der Waals surface area contributed by atoms with E-state index in [0.717, 1.165) is 12.1 Å². The van der Waals surface area contributed by atoms with Crippen molar-refractivity contribution in [3.8, 4) is 0 Å². The van der Waals surface area contributed by atoms with Crippen molar-refractivity contribution in [2.75, 3.05) is 13.1 Å². The Kier molecular flexibility index (Phi) is 5.04. The van der Waals surface area contributed by atoms with Gasteiger partial charge in [-0.15, -0.1) is 0 Å². The molecule has 0 fully saturated rings. The van der Waals surface area contributed by atoms with Crippen LogP contribution in [-0.4, -0.2) is 36.9 Å². The van der Waals surface area contributed by atoms with Gasteiger partial charge in [0.05, 0.1) is 5.56 Å². The number of hydrogen-bond donors (Lipinski definition) is 1. The molecule has 1 aromatic heterocycles. The van der Waals surface area contributed by atoms with E-state index < -0.39 is 21.8 Å². The molecule has 0 saturated heterocycles. The summed E-state index contributed by atoms with van der Waals surface area (Å²) in [5.74, 6) is -0.229. The Morgan fingerprint density at radius 2 is 1.81 bits per heavy atom. The van der Waals surface area contributed by atoms with Gasteiger partial charge in [-0.1, -0.05) is 12.1 Å². The molecule has 1 aromatic carbocycles. The van der Waals surface area contributed by atoms with Crippen LogP contribution in [0.15, 0.2) is 41.4 Å². The van der Waals surface area contributed by atoms with Crippen molar-refractivity contribution in [2.24, 2.45) is 0 Å². The molecule has 6 nitrogen and oxygen atoms in total. The SMILES string of the molecule is CCN1CCn2cc(S(=O)(=O)NCc3ccc(C(F)(F)F)cc3)cc2C1=O. The van der Waals surface area contributed by atoms with Crippen LogP contribution in [0.3, 0.4) is 0 Å². The predicted molar refractivity (Wildman–Crippen MR) is 91.5 cm³/mol. The van der Waals surface area contributed by atoms with E-state index in [2.05, 4.69) is 4.72 Å². The number of carbonyl (C=O) groups excluding carboxylic acids is 1. The molecular formula is C17H18F3N3O3S. The first-order chi connectivity index (χ1) is 12.6. The van der Waals surface area contributed by atoms with Gasteiger partial charge in [0.15, 0.2) is 0 Å². The van der Waals surface area contributed by atoms with Crippen LogP contribution < -0.4 is 4.72 Å². The van der Waals surface area contributed by atoms with E-state index in [0.29, 0.717) is 30.9 Å². The van der Waals surface area contributed by atoms with E-state index in [9.17, 15) is 26.4 Å². The van der Waals surface area contributed by atoms with E-state index in [1.807, 2.05) is 6.92 Å². The molecule has 146 valence electrons. The van der Waals surface area contributed by atoms with Crippen molar-refractivity contribution in [3.63, 3.8) is 0 Å². The van der Waals surface area contributed by atoms with Crippen LogP contribution in [0.5, 0.6) is 0 Å². The molecule has 2 aromatic rings. The highest BCUT2D eigenvalue weighted by Gasteiger charge is 2.30. The number of carbonyl (C=O) groups is 1. The number of rotatable bonds is 5. The van der Waals surface area contributed by atoms with Gasteiger partial charge in [0.2, 0.25) is 10.0 Å². The third kappa shape index (κ3) is 4.01. The normalized spacial score (nSPS) is 15.1. The highest BCUT2D eigenvalue weighted by atomic mass is 32.2. The zero-order chi connectivity index (χ0) is 19.8. The third-order valence-corrected chi connectivity index (χ3v) is 5.80. The lowest BCUT2D eigenvalue weighted by molar-refractivity contribution is -0.137. The maximum absolute atomic E-state index is 12.6. The Morgan fingerprint density at radius 3 is 2.41 bits per heavy atom. The van der Waals surface area contributed by atoms with Crippen LogP contribution >= 0.6 is 0 Å². The quantitative estimate of drug-likeness (QED) is 0.837. The van der Waals surface area contributed by atoms with Crippen LogP contribution in [0.25, 0.3) is 0 Å². The number of aromatic nitrogens is 1. The number of halogens is 3. The summed E-state index contributed by atoms with van der Waals surface area (Å²) < 4.78 is 66.6. The van der Waals surface area contributed by atoms with Gasteiger partial charge in [0.25, 0.3) is 5.91 Å². The fourth-order valence-electron chi connectivity index (χ4n) is 2.86. The summed E-state index contributed by atoms with van der Waals surface area (Å²) >= 11 is 0. The molecule has 1 aliphatic heterocycles. The summed E-state index contributed by atoms with van der Waals surface area (Å²) in [4.78, 5) is 13.9. The van der Waals surface area contributed by atoms with Crippen LogP contribution in [-0.2, 0) is 29.3 Å². The number of fused-ring (bicyclic) bond motifs is 1. The predicted octanol–water partition coefficient (Wildman–Crippen LogP) is 2.46. The van der Waals surface area contributed by atoms with Crippen LogP contribution in [0, 0.1) is 0 Å². The van der Waals surface area contributed by atoms with Gasteiger partial charge in [0.1, 0.15) is 10.6 Å². The molecular weight excluding hydrogens is 383 g/mol. The van der Waals surface area contributed by atoms with Gasteiger partial charge < -0.3 is 9.47 Å². The van der Waals surface area contributed by atoms with Crippen molar-refractivity contribution in [3.05, 3.63) is 53.3 Å². The summed E-state index contributed by atoms with van der Waals surface area (Å²) in [5.41, 5.74) is -0.102. The summed E-state index contributed by atoms with van der Waals surface area (Å²) in [5, 5.41) is 0. The van der Waals surface area contributed by atoms with E-state index in [1.54, 1.807) is 9.47 Å².